The number of nitrogens with zero attached hydrogens (tertiary/aromatic N) is 9. The highest BCUT2D eigenvalue weighted by atomic mass is 28.3. The molecule has 1 aliphatic rings. The van der Waals surface area contributed by atoms with Gasteiger partial charge in [0.05, 0.1) is 33.1 Å². The summed E-state index contributed by atoms with van der Waals surface area (Å²) in [5.74, 6) is 3.57. The molecule has 12 aromatic rings. The van der Waals surface area contributed by atoms with Crippen LogP contribution in [0.5, 0.6) is 0 Å². The van der Waals surface area contributed by atoms with E-state index in [0.29, 0.717) is 29.1 Å². The van der Waals surface area contributed by atoms with Gasteiger partial charge in [0.1, 0.15) is 5.82 Å². The molecule has 0 radical (unpaired) electrons. The van der Waals surface area contributed by atoms with Crippen LogP contribution in [0.3, 0.4) is 0 Å². The standard InChI is InChI=1S/C54H35N9Si/c1-4-20-37(21-5-1)61-45-31-14-11-28-42(45)56-53(61)50-58-49(59-51(60-50)54-57-43-29-12-15-32-46(43)62(54)38-22-6-2-7-23-38)36-19-18-26-40(35-36)64(39-24-8-3-9-25-39)48-34-17-10-27-41(48)52-55-44-30-13-16-33-47(44)63(52)64/h1-35H. The first-order valence-electron chi connectivity index (χ1n) is 21.3. The monoisotopic (exact) mass is 837 g/mol. The molecule has 13 rings (SSSR count). The lowest BCUT2D eigenvalue weighted by Gasteiger charge is -2.32. The molecule has 0 bridgehead atoms. The van der Waals surface area contributed by atoms with Crippen molar-refractivity contribution in [2.24, 2.45) is 0 Å². The number of para-hydroxylation sites is 8. The van der Waals surface area contributed by atoms with Crippen LogP contribution in [0.25, 0.3) is 90.5 Å². The highest BCUT2D eigenvalue weighted by molar-refractivity contribution is 7.12. The molecular formula is C54H35N9Si. The van der Waals surface area contributed by atoms with Crippen LogP contribution in [-0.2, 0) is 0 Å². The van der Waals surface area contributed by atoms with Gasteiger partial charge >= 0.3 is 0 Å². The molecule has 0 saturated heterocycles. The van der Waals surface area contributed by atoms with Gasteiger partial charge in [0, 0.05) is 22.5 Å². The number of benzene rings is 8. The third kappa shape index (κ3) is 5.36. The molecule has 1 aliphatic heterocycles. The van der Waals surface area contributed by atoms with E-state index in [1.54, 1.807) is 0 Å². The van der Waals surface area contributed by atoms with Gasteiger partial charge in [0.15, 0.2) is 17.5 Å². The Morgan fingerprint density at radius 2 is 0.781 bits per heavy atom. The summed E-state index contributed by atoms with van der Waals surface area (Å²) in [6.45, 7) is 0. The molecule has 10 heteroatoms. The Labute approximate surface area is 368 Å². The zero-order valence-electron chi connectivity index (χ0n) is 34.2. The summed E-state index contributed by atoms with van der Waals surface area (Å²) in [5.41, 5.74) is 9.57. The predicted molar refractivity (Wildman–Crippen MR) is 257 cm³/mol. The number of hydrogen-bond acceptors (Lipinski definition) is 6. The SMILES string of the molecule is c1ccc(-n2c(-c3nc(-c4cccc([Si]5(c6ccccc6)c6ccccc6-c6nc7ccccc7n65)c4)nc(-c4nc5ccccc5n4-c4ccccc4)n3)nc3ccccc32)cc1. The van der Waals surface area contributed by atoms with Crippen molar-refractivity contribution < 1.29 is 0 Å². The highest BCUT2D eigenvalue weighted by Gasteiger charge is 2.51. The molecule has 0 fully saturated rings. The molecule has 0 saturated carbocycles. The minimum absolute atomic E-state index is 0.432. The minimum atomic E-state index is -3.06. The van der Waals surface area contributed by atoms with Crippen LogP contribution in [0.15, 0.2) is 212 Å². The Hall–Kier alpha value is -8.60. The summed E-state index contributed by atoms with van der Waals surface area (Å²) >= 11 is 0. The second-order valence-electron chi connectivity index (χ2n) is 16.0. The van der Waals surface area contributed by atoms with Crippen molar-refractivity contribution in [3.05, 3.63) is 212 Å². The zero-order chi connectivity index (χ0) is 42.2. The van der Waals surface area contributed by atoms with Crippen LogP contribution >= 0.6 is 0 Å². The fourth-order valence-corrected chi connectivity index (χ4v) is 14.7. The van der Waals surface area contributed by atoms with Crippen LogP contribution < -0.4 is 15.6 Å². The van der Waals surface area contributed by atoms with Crippen LogP contribution in [0.1, 0.15) is 0 Å². The van der Waals surface area contributed by atoms with Gasteiger partial charge in [0.25, 0.3) is 8.24 Å². The smallest absolute Gasteiger partial charge is 0.259 e. The predicted octanol–water partition coefficient (Wildman–Crippen LogP) is 9.40. The van der Waals surface area contributed by atoms with Crippen molar-refractivity contribution in [1.82, 2.24) is 43.3 Å². The summed E-state index contributed by atoms with van der Waals surface area (Å²) in [4.78, 5) is 31.9. The first-order chi connectivity index (χ1) is 31.7. The van der Waals surface area contributed by atoms with Gasteiger partial charge in [-0.3, -0.25) is 9.13 Å². The van der Waals surface area contributed by atoms with E-state index in [0.717, 1.165) is 61.4 Å². The normalized spacial score (nSPS) is 14.3. The first-order valence-corrected chi connectivity index (χ1v) is 23.3. The van der Waals surface area contributed by atoms with Crippen molar-refractivity contribution in [1.29, 1.82) is 0 Å². The summed E-state index contributed by atoms with van der Waals surface area (Å²) in [6.07, 6.45) is 0. The van der Waals surface area contributed by atoms with Gasteiger partial charge in [-0.2, -0.15) is 0 Å². The average Bonchev–Trinajstić information content (AvgIpc) is 4.13. The molecule has 64 heavy (non-hydrogen) atoms. The van der Waals surface area contributed by atoms with E-state index >= 15 is 0 Å². The Bertz CT molecular complexity index is 3610. The van der Waals surface area contributed by atoms with E-state index in [1.807, 2.05) is 72.8 Å². The molecule has 5 heterocycles. The zero-order valence-corrected chi connectivity index (χ0v) is 35.2. The summed E-state index contributed by atoms with van der Waals surface area (Å²) < 4.78 is 6.82. The summed E-state index contributed by atoms with van der Waals surface area (Å²) in [6, 6.07) is 73.9. The maximum Gasteiger partial charge on any atom is 0.259 e. The molecule has 0 aliphatic carbocycles. The van der Waals surface area contributed by atoms with E-state index in [-0.39, 0.29) is 0 Å². The molecule has 4 aromatic heterocycles. The van der Waals surface area contributed by atoms with E-state index < -0.39 is 8.24 Å². The largest absolute Gasteiger partial charge is 0.339 e. The Morgan fingerprint density at radius 3 is 1.39 bits per heavy atom. The van der Waals surface area contributed by atoms with Crippen molar-refractivity contribution in [2.75, 3.05) is 0 Å². The van der Waals surface area contributed by atoms with E-state index in [9.17, 15) is 0 Å². The number of fused-ring (bicyclic) bond motifs is 7. The highest BCUT2D eigenvalue weighted by Crippen LogP contribution is 2.36. The van der Waals surface area contributed by atoms with Gasteiger partial charge in [-0.1, -0.05) is 146 Å². The maximum atomic E-state index is 5.38. The Morgan fingerprint density at radius 1 is 0.328 bits per heavy atom. The van der Waals surface area contributed by atoms with Crippen molar-refractivity contribution >= 4 is 56.9 Å². The van der Waals surface area contributed by atoms with Crippen molar-refractivity contribution in [3.8, 4) is 57.4 Å². The second-order valence-corrected chi connectivity index (χ2v) is 19.5. The van der Waals surface area contributed by atoms with Crippen LogP contribution in [0, 0.1) is 0 Å². The third-order valence-electron chi connectivity index (χ3n) is 12.4. The first kappa shape index (κ1) is 36.1. The molecular weight excluding hydrogens is 803 g/mol. The molecule has 300 valence electrons. The Balaban J connectivity index is 1.10. The number of hydrogen-bond donors (Lipinski definition) is 0. The van der Waals surface area contributed by atoms with Gasteiger partial charge in [-0.25, -0.2) is 29.9 Å². The number of rotatable bonds is 7. The summed E-state index contributed by atoms with van der Waals surface area (Å²) in [5, 5.41) is 3.73. The van der Waals surface area contributed by atoms with Gasteiger partial charge in [0.2, 0.25) is 11.6 Å². The molecule has 9 nitrogen and oxygen atoms in total. The van der Waals surface area contributed by atoms with Gasteiger partial charge in [-0.05, 0) is 82.3 Å². The van der Waals surface area contributed by atoms with Crippen LogP contribution in [0.4, 0.5) is 0 Å². The topological polar surface area (TPSA) is 92.1 Å². The van der Waals surface area contributed by atoms with Gasteiger partial charge < -0.3 is 4.23 Å². The van der Waals surface area contributed by atoms with Gasteiger partial charge in [-0.15, -0.1) is 0 Å². The van der Waals surface area contributed by atoms with Crippen molar-refractivity contribution in [3.63, 3.8) is 0 Å². The minimum Gasteiger partial charge on any atom is -0.339 e. The fraction of sp³-hybridized carbons (Fsp3) is 0. The second kappa shape index (κ2) is 14.2. The van der Waals surface area contributed by atoms with Crippen LogP contribution in [0.2, 0.25) is 0 Å². The molecule has 1 unspecified atom stereocenters. The lowest BCUT2D eigenvalue weighted by molar-refractivity contribution is 0.981. The molecule has 8 aromatic carbocycles. The average molecular weight is 838 g/mol. The number of imidazole rings is 3. The van der Waals surface area contributed by atoms with E-state index in [4.69, 9.17) is 29.9 Å². The maximum absolute atomic E-state index is 5.38. The third-order valence-corrected chi connectivity index (χ3v) is 17.0. The lowest BCUT2D eigenvalue weighted by atomic mass is 10.2. The lowest BCUT2D eigenvalue weighted by Crippen LogP contribution is -2.70. The molecule has 0 amide bonds. The fourth-order valence-electron chi connectivity index (χ4n) is 9.69. The van der Waals surface area contributed by atoms with E-state index in [2.05, 4.69) is 153 Å². The molecule has 0 N–H and O–H groups in total. The molecule has 1 atom stereocenters. The van der Waals surface area contributed by atoms with Crippen LogP contribution in [-0.4, -0.2) is 51.5 Å². The number of aromatic nitrogens is 9. The molecule has 0 spiro atoms. The van der Waals surface area contributed by atoms with E-state index in [1.165, 1.54) is 15.6 Å². The summed E-state index contributed by atoms with van der Waals surface area (Å²) in [7, 11) is -3.06. The Kier molecular flexibility index (Phi) is 8.02. The van der Waals surface area contributed by atoms with Crippen molar-refractivity contribution in [2.45, 2.75) is 0 Å². The quantitative estimate of drug-likeness (QED) is 0.149.